The maximum absolute atomic E-state index is 12.0. The Bertz CT molecular complexity index is 83.8. The lowest BCUT2D eigenvalue weighted by atomic mass is 9.99. The molecule has 0 saturated carbocycles. The van der Waals surface area contributed by atoms with Crippen molar-refractivity contribution in [1.29, 1.82) is 0 Å². The van der Waals surface area contributed by atoms with E-state index in [4.69, 9.17) is 5.11 Å². The Hall–Kier alpha value is 0.140. The molecule has 1 saturated heterocycles. The summed E-state index contributed by atoms with van der Waals surface area (Å²) in [6.07, 6.45) is 0. The molecule has 1 rings (SSSR count). The highest BCUT2D eigenvalue weighted by Gasteiger charge is 2.25. The highest BCUT2D eigenvalue weighted by Crippen LogP contribution is 2.15. The largest absolute Gasteiger partial charge is 0.396 e. The van der Waals surface area contributed by atoms with E-state index in [0.717, 1.165) is 13.1 Å². The number of nitrogens with one attached hydrogen (secondary N) is 1. The number of rotatable bonds is 2. The minimum atomic E-state index is -0.307. The third-order valence-electron chi connectivity index (χ3n) is 1.91. The van der Waals surface area contributed by atoms with E-state index in [2.05, 4.69) is 5.32 Å². The quantitative estimate of drug-likeness (QED) is 0.620. The first-order valence-electron chi connectivity index (χ1n) is 3.26. The number of aliphatic hydroxyl groups excluding tert-OH is 1. The average molecular weight is 170 g/mol. The molecule has 2 nitrogen and oxygen atoms in total. The summed E-state index contributed by atoms with van der Waals surface area (Å²) in [5, 5.41) is 11.7. The van der Waals surface area contributed by atoms with Gasteiger partial charge in [0.05, 0.1) is 6.67 Å². The van der Waals surface area contributed by atoms with Gasteiger partial charge >= 0.3 is 0 Å². The lowest BCUT2D eigenvalue weighted by Gasteiger charge is -2.10. The fourth-order valence-electron chi connectivity index (χ4n) is 1.18. The van der Waals surface area contributed by atoms with Gasteiger partial charge in [0.1, 0.15) is 0 Å². The zero-order valence-electron chi connectivity index (χ0n) is 5.72. The molecule has 62 valence electrons. The molecule has 0 amide bonds. The van der Waals surface area contributed by atoms with Gasteiger partial charge in [0.25, 0.3) is 0 Å². The van der Waals surface area contributed by atoms with E-state index in [0.29, 0.717) is 0 Å². The summed E-state index contributed by atoms with van der Waals surface area (Å²) >= 11 is 0. The van der Waals surface area contributed by atoms with Crippen LogP contribution in [0.2, 0.25) is 0 Å². The van der Waals surface area contributed by atoms with Crippen LogP contribution in [-0.4, -0.2) is 31.5 Å². The fourth-order valence-corrected chi connectivity index (χ4v) is 1.18. The molecular formula is C6H13ClFNO. The molecule has 0 radical (unpaired) electrons. The fraction of sp³-hybridized carbons (Fsp3) is 1.00. The Morgan fingerprint density at radius 1 is 1.40 bits per heavy atom. The van der Waals surface area contributed by atoms with Gasteiger partial charge in [0.2, 0.25) is 0 Å². The molecule has 0 spiro atoms. The van der Waals surface area contributed by atoms with Crippen molar-refractivity contribution in [2.24, 2.45) is 11.8 Å². The summed E-state index contributed by atoms with van der Waals surface area (Å²) in [4.78, 5) is 0. The highest BCUT2D eigenvalue weighted by molar-refractivity contribution is 5.85. The van der Waals surface area contributed by atoms with E-state index < -0.39 is 0 Å². The summed E-state index contributed by atoms with van der Waals surface area (Å²) < 4.78 is 12.0. The second kappa shape index (κ2) is 4.88. The van der Waals surface area contributed by atoms with Crippen LogP contribution in [0.1, 0.15) is 0 Å². The van der Waals surface area contributed by atoms with E-state index in [1.54, 1.807) is 0 Å². The first-order valence-corrected chi connectivity index (χ1v) is 3.26. The van der Waals surface area contributed by atoms with Crippen LogP contribution in [0.25, 0.3) is 0 Å². The lowest BCUT2D eigenvalue weighted by Crippen LogP contribution is -2.17. The third-order valence-corrected chi connectivity index (χ3v) is 1.91. The molecular weight excluding hydrogens is 157 g/mol. The number of alkyl halides is 1. The second-order valence-corrected chi connectivity index (χ2v) is 2.52. The molecule has 0 aromatic heterocycles. The molecule has 4 heteroatoms. The number of hydrogen-bond donors (Lipinski definition) is 2. The van der Waals surface area contributed by atoms with E-state index in [9.17, 15) is 4.39 Å². The molecule has 10 heavy (non-hydrogen) atoms. The summed E-state index contributed by atoms with van der Waals surface area (Å²) in [5.74, 6) is 0.199. The molecule has 0 bridgehead atoms. The predicted molar refractivity (Wildman–Crippen MR) is 40.2 cm³/mol. The Morgan fingerprint density at radius 3 is 2.40 bits per heavy atom. The smallest absolute Gasteiger partial charge is 0.0938 e. The summed E-state index contributed by atoms with van der Waals surface area (Å²) in [7, 11) is 0. The standard InChI is InChI=1S/C6H12FNO.ClH/c7-1-5-2-8-3-6(5)4-9;/h5-6,8-9H,1-4H2;1H/t5-,6-;/m1./s1. The molecule has 0 aromatic rings. The Morgan fingerprint density at radius 2 is 2.00 bits per heavy atom. The van der Waals surface area contributed by atoms with Crippen molar-refractivity contribution in [2.45, 2.75) is 0 Å². The van der Waals surface area contributed by atoms with Gasteiger partial charge in [0, 0.05) is 31.5 Å². The van der Waals surface area contributed by atoms with Crippen molar-refractivity contribution in [3.63, 3.8) is 0 Å². The summed E-state index contributed by atoms with van der Waals surface area (Å²) in [5.41, 5.74) is 0. The minimum Gasteiger partial charge on any atom is -0.396 e. The van der Waals surface area contributed by atoms with E-state index in [1.165, 1.54) is 0 Å². The molecule has 2 atom stereocenters. The zero-order chi connectivity index (χ0) is 6.69. The molecule has 1 heterocycles. The van der Waals surface area contributed by atoms with Gasteiger partial charge in [-0.05, 0) is 0 Å². The van der Waals surface area contributed by atoms with Crippen LogP contribution in [0.15, 0.2) is 0 Å². The van der Waals surface area contributed by atoms with Crippen LogP contribution in [-0.2, 0) is 0 Å². The van der Waals surface area contributed by atoms with Crippen molar-refractivity contribution in [1.82, 2.24) is 5.32 Å². The molecule has 0 aliphatic carbocycles. The van der Waals surface area contributed by atoms with Crippen molar-refractivity contribution in [3.05, 3.63) is 0 Å². The van der Waals surface area contributed by atoms with Crippen LogP contribution in [0.5, 0.6) is 0 Å². The van der Waals surface area contributed by atoms with E-state index in [1.807, 2.05) is 0 Å². The second-order valence-electron chi connectivity index (χ2n) is 2.52. The average Bonchev–Trinajstić information content (AvgIpc) is 2.33. The van der Waals surface area contributed by atoms with Crippen LogP contribution in [0.3, 0.4) is 0 Å². The highest BCUT2D eigenvalue weighted by atomic mass is 35.5. The minimum absolute atomic E-state index is 0. The molecule has 1 aliphatic heterocycles. The van der Waals surface area contributed by atoms with E-state index >= 15 is 0 Å². The van der Waals surface area contributed by atoms with Gasteiger partial charge in [-0.2, -0.15) is 0 Å². The predicted octanol–water partition coefficient (Wildman–Crippen LogP) is 0.206. The van der Waals surface area contributed by atoms with Crippen LogP contribution in [0.4, 0.5) is 4.39 Å². The molecule has 0 unspecified atom stereocenters. The Labute approximate surface area is 66.2 Å². The maximum atomic E-state index is 12.0. The Kier molecular flexibility index (Phi) is 4.95. The van der Waals surface area contributed by atoms with Gasteiger partial charge in [-0.25, -0.2) is 0 Å². The topological polar surface area (TPSA) is 32.3 Å². The van der Waals surface area contributed by atoms with Gasteiger partial charge in [0.15, 0.2) is 0 Å². The van der Waals surface area contributed by atoms with Crippen LogP contribution in [0, 0.1) is 11.8 Å². The van der Waals surface area contributed by atoms with Gasteiger partial charge < -0.3 is 10.4 Å². The Balaban J connectivity index is 0.000000810. The van der Waals surface area contributed by atoms with Crippen molar-refractivity contribution in [3.8, 4) is 0 Å². The van der Waals surface area contributed by atoms with E-state index in [-0.39, 0.29) is 37.5 Å². The number of hydrogen-bond acceptors (Lipinski definition) is 2. The molecule has 2 N–H and O–H groups in total. The summed E-state index contributed by atoms with van der Waals surface area (Å²) in [6, 6.07) is 0. The van der Waals surface area contributed by atoms with Crippen molar-refractivity contribution in [2.75, 3.05) is 26.4 Å². The monoisotopic (exact) mass is 169 g/mol. The summed E-state index contributed by atoms with van der Waals surface area (Å²) in [6.45, 7) is 1.30. The van der Waals surface area contributed by atoms with Crippen molar-refractivity contribution >= 4 is 12.4 Å². The zero-order valence-corrected chi connectivity index (χ0v) is 6.53. The SMILES string of the molecule is Cl.OC[C@H]1CNC[C@H]1CF. The maximum Gasteiger partial charge on any atom is 0.0938 e. The van der Waals surface area contributed by atoms with Crippen LogP contribution < -0.4 is 5.32 Å². The van der Waals surface area contributed by atoms with Gasteiger partial charge in [-0.15, -0.1) is 12.4 Å². The lowest BCUT2D eigenvalue weighted by molar-refractivity contribution is 0.188. The molecule has 0 aromatic carbocycles. The first kappa shape index (κ1) is 10.1. The van der Waals surface area contributed by atoms with Crippen molar-refractivity contribution < 1.29 is 9.50 Å². The van der Waals surface area contributed by atoms with Gasteiger partial charge in [-0.3, -0.25) is 4.39 Å². The third kappa shape index (κ3) is 2.08. The number of halogens is 2. The van der Waals surface area contributed by atoms with Crippen LogP contribution >= 0.6 is 12.4 Å². The molecule has 1 fully saturated rings. The molecule has 1 aliphatic rings. The number of aliphatic hydroxyl groups is 1. The van der Waals surface area contributed by atoms with Gasteiger partial charge in [-0.1, -0.05) is 0 Å². The normalized spacial score (nSPS) is 31.8. The first-order chi connectivity index (χ1) is 4.38.